The fourth-order valence-electron chi connectivity index (χ4n) is 4.62. The highest BCUT2D eigenvalue weighted by atomic mass is 35.5. The molecule has 0 unspecified atom stereocenters. The molecule has 0 saturated heterocycles. The van der Waals surface area contributed by atoms with Gasteiger partial charge in [-0.3, -0.25) is 14.8 Å². The van der Waals surface area contributed by atoms with Crippen molar-refractivity contribution in [2.75, 3.05) is 13.1 Å². The molecule has 0 radical (unpaired) electrons. The fourth-order valence-corrected chi connectivity index (χ4v) is 4.81. The van der Waals surface area contributed by atoms with Gasteiger partial charge in [-0.2, -0.15) is 0 Å². The number of aromatic nitrogens is 1. The van der Waals surface area contributed by atoms with E-state index in [4.69, 9.17) is 17.3 Å². The second-order valence-electron chi connectivity index (χ2n) is 8.22. The Hall–Kier alpha value is -2.50. The number of halogens is 1. The van der Waals surface area contributed by atoms with Crippen LogP contribution in [0.1, 0.15) is 48.0 Å². The van der Waals surface area contributed by atoms with Crippen molar-refractivity contribution in [3.63, 3.8) is 0 Å². The zero-order valence-electron chi connectivity index (χ0n) is 17.0. The molecule has 0 spiro atoms. The molecule has 1 aliphatic heterocycles. The zero-order chi connectivity index (χ0) is 21.0. The van der Waals surface area contributed by atoms with Crippen LogP contribution in [0.2, 0.25) is 5.02 Å². The highest BCUT2D eigenvalue weighted by Gasteiger charge is 2.39. The molecule has 2 aromatic rings. The molecule has 1 amide bonds. The van der Waals surface area contributed by atoms with Crippen molar-refractivity contribution in [2.24, 2.45) is 10.7 Å². The SMILES string of the molecule is NCC1(c2cccc(Cl)c2)CCC(N(CC2=CN=CC2)C(=O)c2cccnc2)CC1. The molecular formula is C24H27ClN4O. The molecule has 1 saturated carbocycles. The van der Waals surface area contributed by atoms with E-state index in [2.05, 4.69) is 16.0 Å². The Morgan fingerprint density at radius 3 is 2.70 bits per heavy atom. The molecule has 2 aliphatic rings. The lowest BCUT2D eigenvalue weighted by Gasteiger charge is -2.43. The summed E-state index contributed by atoms with van der Waals surface area (Å²) in [6.45, 7) is 1.18. The Kier molecular flexibility index (Phi) is 6.30. The van der Waals surface area contributed by atoms with Gasteiger partial charge in [-0.15, -0.1) is 0 Å². The van der Waals surface area contributed by atoms with Crippen LogP contribution in [0, 0.1) is 0 Å². The van der Waals surface area contributed by atoms with Crippen molar-refractivity contribution in [3.05, 3.63) is 76.7 Å². The van der Waals surface area contributed by atoms with Gasteiger partial charge < -0.3 is 10.6 Å². The lowest BCUT2D eigenvalue weighted by Crippen LogP contribution is -2.48. The Balaban J connectivity index is 1.54. The molecule has 1 aromatic carbocycles. The van der Waals surface area contributed by atoms with E-state index in [0.717, 1.165) is 42.7 Å². The maximum atomic E-state index is 13.4. The third kappa shape index (κ3) is 4.32. The first-order valence-corrected chi connectivity index (χ1v) is 10.9. The number of hydrogen-bond acceptors (Lipinski definition) is 4. The number of carbonyl (C=O) groups excluding carboxylic acids is 1. The third-order valence-electron chi connectivity index (χ3n) is 6.44. The largest absolute Gasteiger partial charge is 0.332 e. The average molecular weight is 423 g/mol. The van der Waals surface area contributed by atoms with Crippen LogP contribution in [0.25, 0.3) is 0 Å². The predicted octanol–water partition coefficient (Wildman–Crippen LogP) is 4.37. The fraction of sp³-hybridized carbons (Fsp3) is 0.375. The van der Waals surface area contributed by atoms with Crippen molar-refractivity contribution in [1.82, 2.24) is 9.88 Å². The van der Waals surface area contributed by atoms with Crippen LogP contribution in [0.5, 0.6) is 0 Å². The van der Waals surface area contributed by atoms with Gasteiger partial charge in [0.25, 0.3) is 5.91 Å². The summed E-state index contributed by atoms with van der Waals surface area (Å²) in [5.41, 5.74) is 9.18. The normalized spacial score (nSPS) is 23.3. The van der Waals surface area contributed by atoms with E-state index in [1.807, 2.05) is 47.6 Å². The summed E-state index contributed by atoms with van der Waals surface area (Å²) in [7, 11) is 0. The first kappa shape index (κ1) is 20.8. The molecule has 4 rings (SSSR count). The maximum absolute atomic E-state index is 13.4. The van der Waals surface area contributed by atoms with Gasteiger partial charge in [-0.1, -0.05) is 23.7 Å². The second kappa shape index (κ2) is 9.11. The van der Waals surface area contributed by atoms with Crippen LogP contribution in [0.3, 0.4) is 0 Å². The molecule has 0 bridgehead atoms. The molecule has 1 aromatic heterocycles. The van der Waals surface area contributed by atoms with E-state index in [1.54, 1.807) is 12.4 Å². The predicted molar refractivity (Wildman–Crippen MR) is 121 cm³/mol. The number of benzene rings is 1. The van der Waals surface area contributed by atoms with Gasteiger partial charge in [0.1, 0.15) is 0 Å². The minimum absolute atomic E-state index is 0.0314. The van der Waals surface area contributed by atoms with Gasteiger partial charge >= 0.3 is 0 Å². The minimum atomic E-state index is -0.0832. The van der Waals surface area contributed by atoms with Gasteiger partial charge in [0.05, 0.1) is 5.56 Å². The number of carbonyl (C=O) groups is 1. The molecule has 0 atom stereocenters. The summed E-state index contributed by atoms with van der Waals surface area (Å²) >= 11 is 6.25. The molecule has 156 valence electrons. The van der Waals surface area contributed by atoms with Crippen molar-refractivity contribution in [2.45, 2.75) is 43.6 Å². The standard InChI is InChI=1S/C24H27ClN4O/c25-21-5-1-4-20(13-21)24(17-26)9-6-22(7-10-24)29(16-18-8-12-28-14-18)23(30)19-3-2-11-27-15-19/h1-5,11-15,22H,6-10,16-17,26H2. The van der Waals surface area contributed by atoms with Crippen LogP contribution in [0.4, 0.5) is 0 Å². The Morgan fingerprint density at radius 1 is 1.23 bits per heavy atom. The topological polar surface area (TPSA) is 71.6 Å². The molecule has 6 heteroatoms. The third-order valence-corrected chi connectivity index (χ3v) is 6.67. The number of nitrogens with zero attached hydrogens (tertiary/aromatic N) is 3. The number of rotatable bonds is 6. The van der Waals surface area contributed by atoms with Crippen LogP contribution < -0.4 is 5.73 Å². The summed E-state index contributed by atoms with van der Waals surface area (Å²) in [5.74, 6) is 0.0314. The number of amides is 1. The molecule has 5 nitrogen and oxygen atoms in total. The smallest absolute Gasteiger partial charge is 0.255 e. The zero-order valence-corrected chi connectivity index (χ0v) is 17.8. The minimum Gasteiger partial charge on any atom is -0.332 e. The quantitative estimate of drug-likeness (QED) is 0.751. The van der Waals surface area contributed by atoms with E-state index in [1.165, 1.54) is 5.56 Å². The summed E-state index contributed by atoms with van der Waals surface area (Å²) in [5, 5.41) is 0.740. The van der Waals surface area contributed by atoms with Crippen LogP contribution in [-0.4, -0.2) is 41.1 Å². The molecular weight excluding hydrogens is 396 g/mol. The molecule has 2 heterocycles. The molecule has 30 heavy (non-hydrogen) atoms. The lowest BCUT2D eigenvalue weighted by molar-refractivity contribution is 0.0618. The van der Waals surface area contributed by atoms with Crippen LogP contribution >= 0.6 is 11.6 Å². The van der Waals surface area contributed by atoms with Gasteiger partial charge in [0.2, 0.25) is 0 Å². The van der Waals surface area contributed by atoms with E-state index < -0.39 is 0 Å². The van der Waals surface area contributed by atoms with Crippen LogP contribution in [-0.2, 0) is 5.41 Å². The van der Waals surface area contributed by atoms with E-state index in [-0.39, 0.29) is 17.4 Å². The highest BCUT2D eigenvalue weighted by molar-refractivity contribution is 6.30. The Bertz CT molecular complexity index is 949. The van der Waals surface area contributed by atoms with Crippen molar-refractivity contribution in [3.8, 4) is 0 Å². The molecule has 2 N–H and O–H groups in total. The van der Waals surface area contributed by atoms with Crippen molar-refractivity contribution < 1.29 is 4.79 Å². The summed E-state index contributed by atoms with van der Waals surface area (Å²) in [6, 6.07) is 11.9. The highest BCUT2D eigenvalue weighted by Crippen LogP contribution is 2.41. The van der Waals surface area contributed by atoms with Crippen LogP contribution in [0.15, 0.2) is 65.6 Å². The van der Waals surface area contributed by atoms with Gasteiger partial charge in [-0.25, -0.2) is 0 Å². The number of nitrogens with two attached hydrogens (primary N) is 1. The Labute approximate surface area is 182 Å². The van der Waals surface area contributed by atoms with Crippen molar-refractivity contribution >= 4 is 23.7 Å². The molecule has 1 fully saturated rings. The first-order valence-electron chi connectivity index (χ1n) is 10.5. The monoisotopic (exact) mass is 422 g/mol. The first-order chi connectivity index (χ1) is 14.6. The van der Waals surface area contributed by atoms with Crippen molar-refractivity contribution in [1.29, 1.82) is 0 Å². The summed E-state index contributed by atoms with van der Waals surface area (Å²) < 4.78 is 0. The Morgan fingerprint density at radius 2 is 2.07 bits per heavy atom. The van der Waals surface area contributed by atoms with Gasteiger partial charge in [-0.05, 0) is 61.1 Å². The summed E-state index contributed by atoms with van der Waals surface area (Å²) in [6.07, 6.45) is 11.6. The number of hydrogen-bond donors (Lipinski definition) is 1. The number of pyridine rings is 1. The van der Waals surface area contributed by atoms with E-state index >= 15 is 0 Å². The summed E-state index contributed by atoms with van der Waals surface area (Å²) in [4.78, 5) is 23.7. The molecule has 1 aliphatic carbocycles. The van der Waals surface area contributed by atoms with E-state index in [0.29, 0.717) is 18.7 Å². The second-order valence-corrected chi connectivity index (χ2v) is 8.66. The lowest BCUT2D eigenvalue weighted by atomic mass is 9.68. The average Bonchev–Trinajstić information content (AvgIpc) is 3.31. The number of aliphatic imine (C=N–C) groups is 1. The van der Waals surface area contributed by atoms with Gasteiger partial charge in [0, 0.05) is 60.8 Å². The van der Waals surface area contributed by atoms with Gasteiger partial charge in [0.15, 0.2) is 0 Å². The maximum Gasteiger partial charge on any atom is 0.255 e. The van der Waals surface area contributed by atoms with E-state index in [9.17, 15) is 4.79 Å².